The molecule has 0 atom stereocenters. The molecule has 0 aromatic heterocycles. The minimum Gasteiger partial charge on any atom is -0.497 e. The molecule has 4 aromatic carbocycles. The summed E-state index contributed by atoms with van der Waals surface area (Å²) in [5.41, 5.74) is 4.80. The van der Waals surface area contributed by atoms with Crippen LogP contribution in [0.4, 0.5) is 0 Å². The van der Waals surface area contributed by atoms with E-state index in [2.05, 4.69) is 10.5 Å². The molecule has 0 heterocycles. The predicted octanol–water partition coefficient (Wildman–Crippen LogP) is 5.20. The van der Waals surface area contributed by atoms with Gasteiger partial charge in [0.1, 0.15) is 23.9 Å². The van der Waals surface area contributed by atoms with Crippen molar-refractivity contribution in [2.45, 2.75) is 6.61 Å². The summed E-state index contributed by atoms with van der Waals surface area (Å²) in [6.07, 6.45) is 1.61. The molecule has 6 nitrogen and oxygen atoms in total. The van der Waals surface area contributed by atoms with Gasteiger partial charge in [0.25, 0.3) is 5.91 Å². The first-order chi connectivity index (χ1) is 16.2. The summed E-state index contributed by atoms with van der Waals surface area (Å²) in [5.74, 6) is 1.34. The van der Waals surface area contributed by atoms with Crippen LogP contribution in [0.5, 0.6) is 17.2 Å². The number of methoxy groups -OCH3 is 2. The highest BCUT2D eigenvalue weighted by molar-refractivity contribution is 6.03. The van der Waals surface area contributed by atoms with E-state index < -0.39 is 0 Å². The average molecular weight is 440 g/mol. The second kappa shape index (κ2) is 10.3. The lowest BCUT2D eigenvalue weighted by Crippen LogP contribution is -2.18. The molecule has 4 rings (SSSR count). The van der Waals surface area contributed by atoms with Gasteiger partial charge in [0.05, 0.1) is 20.4 Å². The number of carbonyl (C=O) groups excluding carboxylic acids is 1. The zero-order valence-corrected chi connectivity index (χ0v) is 18.4. The Bertz CT molecular complexity index is 1260. The molecular formula is C27H24N2O4. The van der Waals surface area contributed by atoms with Crippen molar-refractivity contribution in [1.82, 2.24) is 5.43 Å². The lowest BCUT2D eigenvalue weighted by atomic mass is 10.0. The van der Waals surface area contributed by atoms with Crippen molar-refractivity contribution in [3.63, 3.8) is 0 Å². The summed E-state index contributed by atoms with van der Waals surface area (Å²) in [6.45, 7) is 0.427. The van der Waals surface area contributed by atoms with Gasteiger partial charge >= 0.3 is 0 Å². The minimum absolute atomic E-state index is 0.377. The smallest absolute Gasteiger partial charge is 0.271 e. The Morgan fingerprint density at radius 3 is 2.30 bits per heavy atom. The topological polar surface area (TPSA) is 69.2 Å². The molecule has 0 radical (unpaired) electrons. The molecule has 33 heavy (non-hydrogen) atoms. The quantitative estimate of drug-likeness (QED) is 0.302. The van der Waals surface area contributed by atoms with Gasteiger partial charge in [-0.3, -0.25) is 4.79 Å². The Hall–Kier alpha value is -4.32. The fourth-order valence-electron chi connectivity index (χ4n) is 3.43. The van der Waals surface area contributed by atoms with E-state index >= 15 is 0 Å². The van der Waals surface area contributed by atoms with Gasteiger partial charge in [-0.1, -0.05) is 60.7 Å². The van der Waals surface area contributed by atoms with E-state index in [1.54, 1.807) is 24.4 Å². The van der Waals surface area contributed by atoms with Gasteiger partial charge in [-0.2, -0.15) is 5.10 Å². The normalized spacial score (nSPS) is 10.8. The summed E-state index contributed by atoms with van der Waals surface area (Å²) in [7, 11) is 3.07. The van der Waals surface area contributed by atoms with Crippen molar-refractivity contribution >= 4 is 22.9 Å². The van der Waals surface area contributed by atoms with Crippen LogP contribution in [-0.4, -0.2) is 26.3 Å². The molecule has 0 saturated carbocycles. The number of fused-ring (bicyclic) bond motifs is 1. The van der Waals surface area contributed by atoms with Gasteiger partial charge in [-0.25, -0.2) is 5.43 Å². The van der Waals surface area contributed by atoms with Crippen LogP contribution in [0.2, 0.25) is 0 Å². The number of hydrazone groups is 1. The van der Waals surface area contributed by atoms with E-state index in [-0.39, 0.29) is 5.91 Å². The third-order valence-corrected chi connectivity index (χ3v) is 5.14. The second-order valence-corrected chi connectivity index (χ2v) is 7.27. The molecule has 0 aliphatic heterocycles. The van der Waals surface area contributed by atoms with Crippen molar-refractivity contribution in [2.75, 3.05) is 14.2 Å². The van der Waals surface area contributed by atoms with Gasteiger partial charge in [0, 0.05) is 17.2 Å². The summed E-state index contributed by atoms with van der Waals surface area (Å²) in [6, 6.07) is 26.8. The maximum absolute atomic E-state index is 12.7. The number of nitrogens with one attached hydrogen (secondary N) is 1. The minimum atomic E-state index is -0.379. The van der Waals surface area contributed by atoms with Crippen molar-refractivity contribution < 1.29 is 19.0 Å². The number of benzene rings is 4. The molecule has 4 aromatic rings. The van der Waals surface area contributed by atoms with E-state index in [4.69, 9.17) is 14.2 Å². The largest absolute Gasteiger partial charge is 0.497 e. The number of rotatable bonds is 8. The van der Waals surface area contributed by atoms with Gasteiger partial charge in [0.2, 0.25) is 0 Å². The Labute approximate surface area is 192 Å². The zero-order chi connectivity index (χ0) is 23.0. The molecule has 0 bridgehead atoms. The van der Waals surface area contributed by atoms with Crippen LogP contribution >= 0.6 is 0 Å². The van der Waals surface area contributed by atoms with E-state index in [0.717, 1.165) is 21.9 Å². The lowest BCUT2D eigenvalue weighted by Gasteiger charge is -2.12. The average Bonchev–Trinajstić information content (AvgIpc) is 2.88. The summed E-state index contributed by atoms with van der Waals surface area (Å²) >= 11 is 0. The first kappa shape index (κ1) is 21.9. The molecule has 1 amide bonds. The second-order valence-electron chi connectivity index (χ2n) is 7.27. The van der Waals surface area contributed by atoms with Crippen LogP contribution in [0, 0.1) is 0 Å². The van der Waals surface area contributed by atoms with Gasteiger partial charge in [-0.15, -0.1) is 0 Å². The third-order valence-electron chi connectivity index (χ3n) is 5.14. The predicted molar refractivity (Wildman–Crippen MR) is 129 cm³/mol. The third kappa shape index (κ3) is 5.30. The van der Waals surface area contributed by atoms with Gasteiger partial charge in [-0.05, 0) is 34.5 Å². The number of hydrogen-bond donors (Lipinski definition) is 1. The summed E-state index contributed by atoms with van der Waals surface area (Å²) in [4.78, 5) is 12.7. The Balaban J connectivity index is 1.58. The van der Waals surface area contributed by atoms with Crippen LogP contribution in [0.1, 0.15) is 21.5 Å². The molecule has 0 aliphatic carbocycles. The maximum atomic E-state index is 12.7. The number of carbonyl (C=O) groups is 1. The number of hydrogen-bond acceptors (Lipinski definition) is 5. The standard InChI is InChI=1S/C27H24N2O4/c1-31-22-14-21(15-23(16-22)32-2)27(30)29-28-17-25-24-11-7-6-10-20(24)12-13-26(25)33-18-19-8-4-3-5-9-19/h3-17H,18H2,1-2H3,(H,29,30)/b28-17-. The molecular weight excluding hydrogens is 416 g/mol. The SMILES string of the molecule is COc1cc(OC)cc(C(=O)N/N=C\c2c(OCc3ccccc3)ccc3ccccc23)c1. The number of nitrogens with zero attached hydrogens (tertiary/aromatic N) is 1. The van der Waals surface area contributed by atoms with E-state index in [1.165, 1.54) is 14.2 Å². The monoisotopic (exact) mass is 440 g/mol. The van der Waals surface area contributed by atoms with E-state index in [0.29, 0.717) is 29.4 Å². The van der Waals surface area contributed by atoms with E-state index in [9.17, 15) is 4.79 Å². The first-order valence-corrected chi connectivity index (χ1v) is 10.4. The van der Waals surface area contributed by atoms with Crippen molar-refractivity contribution in [2.24, 2.45) is 5.10 Å². The highest BCUT2D eigenvalue weighted by Crippen LogP contribution is 2.27. The van der Waals surface area contributed by atoms with Gasteiger partial charge < -0.3 is 14.2 Å². The van der Waals surface area contributed by atoms with Crippen LogP contribution < -0.4 is 19.6 Å². The Morgan fingerprint density at radius 1 is 0.879 bits per heavy atom. The van der Waals surface area contributed by atoms with Crippen molar-refractivity contribution in [1.29, 1.82) is 0 Å². The fraction of sp³-hybridized carbons (Fsp3) is 0.111. The Morgan fingerprint density at radius 2 is 1.58 bits per heavy atom. The highest BCUT2D eigenvalue weighted by atomic mass is 16.5. The Kier molecular flexibility index (Phi) is 6.85. The van der Waals surface area contributed by atoms with Crippen molar-refractivity contribution in [3.05, 3.63) is 102 Å². The maximum Gasteiger partial charge on any atom is 0.271 e. The molecule has 0 fully saturated rings. The molecule has 0 unspecified atom stereocenters. The molecule has 166 valence electrons. The summed E-state index contributed by atoms with van der Waals surface area (Å²) < 4.78 is 16.6. The molecule has 1 N–H and O–H groups in total. The van der Waals surface area contributed by atoms with Crippen LogP contribution in [-0.2, 0) is 6.61 Å². The molecule has 0 spiro atoms. The summed E-state index contributed by atoms with van der Waals surface area (Å²) in [5, 5.41) is 6.24. The fourth-order valence-corrected chi connectivity index (χ4v) is 3.43. The highest BCUT2D eigenvalue weighted by Gasteiger charge is 2.11. The molecule has 6 heteroatoms. The van der Waals surface area contributed by atoms with Crippen LogP contribution in [0.25, 0.3) is 10.8 Å². The first-order valence-electron chi connectivity index (χ1n) is 10.4. The lowest BCUT2D eigenvalue weighted by molar-refractivity contribution is 0.0954. The van der Waals surface area contributed by atoms with E-state index in [1.807, 2.05) is 66.7 Å². The molecule has 0 aliphatic rings. The van der Waals surface area contributed by atoms with Crippen LogP contribution in [0.15, 0.2) is 90.0 Å². The van der Waals surface area contributed by atoms with Crippen LogP contribution in [0.3, 0.4) is 0 Å². The van der Waals surface area contributed by atoms with Crippen molar-refractivity contribution in [3.8, 4) is 17.2 Å². The van der Waals surface area contributed by atoms with Gasteiger partial charge in [0.15, 0.2) is 0 Å². The molecule has 0 saturated heterocycles. The number of ether oxygens (including phenoxy) is 3. The number of amides is 1. The zero-order valence-electron chi connectivity index (χ0n) is 18.4.